The average molecular weight is 723 g/mol. The van der Waals surface area contributed by atoms with E-state index in [9.17, 15) is 57.2 Å². The normalized spacial score (nSPS) is 16.3. The second-order valence-corrected chi connectivity index (χ2v) is 12.7. The Morgan fingerprint density at radius 3 is 2.47 bits per heavy atom. The van der Waals surface area contributed by atoms with Crippen LogP contribution in [0.15, 0.2) is 51.9 Å². The molecule has 0 spiro atoms. The van der Waals surface area contributed by atoms with Crippen molar-refractivity contribution in [3.05, 3.63) is 69.1 Å². The Balaban J connectivity index is 1.51. The second-order valence-electron chi connectivity index (χ2n) is 10.5. The molecule has 0 radical (unpaired) electrons. The Morgan fingerprint density at radius 2 is 1.86 bits per heavy atom. The molecule has 9 N–H and O–H groups in total. The van der Waals surface area contributed by atoms with E-state index in [4.69, 9.17) is 10.6 Å². The summed E-state index contributed by atoms with van der Waals surface area (Å²) >= 11 is 0.889. The van der Waals surface area contributed by atoms with Crippen LogP contribution < -0.4 is 27.1 Å². The minimum atomic E-state index is -5.18. The standard InChI is InChI=1S/C26H26N8O13S2/c1-26(2,24(41)42)47-32-18(13-10-48-25(27)30-13)22(39)31-19-15(34(23(19)40)49(44,45)46)8-28-20(37)11-4-3-5-12(6-11)29-21(38)14-7-16(35)17(36)9-33(14)43/h3-7,9-10,15,19,36,43H,8H2,1-2H3,(H2,27,30)(H,28,37)(H,29,38)(H,31,39)(H,41,42)(H,44,45,46)/t15-,19+/m1/s1. The molecule has 1 aliphatic rings. The fraction of sp³-hybridized carbons (Fsp3) is 0.231. The second kappa shape index (κ2) is 13.6. The number of β-lactam (4-membered cyclic amide) rings is 1. The van der Waals surface area contributed by atoms with E-state index in [0.717, 1.165) is 25.2 Å². The van der Waals surface area contributed by atoms with E-state index in [1.54, 1.807) is 0 Å². The van der Waals surface area contributed by atoms with Crippen LogP contribution in [0, 0.1) is 0 Å². The van der Waals surface area contributed by atoms with Gasteiger partial charge in [-0.3, -0.25) is 28.5 Å². The number of nitrogens with one attached hydrogen (secondary N) is 3. The van der Waals surface area contributed by atoms with Crippen molar-refractivity contribution in [2.24, 2.45) is 5.16 Å². The summed E-state index contributed by atoms with van der Waals surface area (Å²) in [4.78, 5) is 83.6. The van der Waals surface area contributed by atoms with Crippen molar-refractivity contribution in [2.75, 3.05) is 17.6 Å². The van der Waals surface area contributed by atoms with E-state index in [-0.39, 0.29) is 31.1 Å². The van der Waals surface area contributed by atoms with E-state index in [1.807, 2.05) is 0 Å². The lowest BCUT2D eigenvalue weighted by molar-refractivity contribution is -0.161. The number of hydrogen-bond acceptors (Lipinski definition) is 15. The molecule has 260 valence electrons. The van der Waals surface area contributed by atoms with Gasteiger partial charge in [0.2, 0.25) is 11.0 Å². The Kier molecular flexibility index (Phi) is 9.91. The van der Waals surface area contributed by atoms with Gasteiger partial charge in [0.25, 0.3) is 23.6 Å². The third-order valence-corrected chi connectivity index (χ3v) is 8.28. The molecule has 3 heterocycles. The number of aromatic nitrogens is 2. The number of thiazole rings is 1. The smallest absolute Gasteiger partial charge is 0.362 e. The van der Waals surface area contributed by atoms with Gasteiger partial charge < -0.3 is 41.9 Å². The highest BCUT2D eigenvalue weighted by Crippen LogP contribution is 2.24. The summed E-state index contributed by atoms with van der Waals surface area (Å²) in [6.07, 6.45) is 0.605. The van der Waals surface area contributed by atoms with E-state index in [0.29, 0.717) is 12.3 Å². The zero-order valence-corrected chi connectivity index (χ0v) is 26.7. The van der Waals surface area contributed by atoms with Gasteiger partial charge in [0.15, 0.2) is 16.6 Å². The zero-order chi connectivity index (χ0) is 36.4. The van der Waals surface area contributed by atoms with Gasteiger partial charge in [0.05, 0.1) is 12.2 Å². The number of nitrogen functional groups attached to an aromatic ring is 1. The van der Waals surface area contributed by atoms with Crippen molar-refractivity contribution in [1.82, 2.24) is 24.7 Å². The van der Waals surface area contributed by atoms with Gasteiger partial charge in [-0.25, -0.2) is 14.1 Å². The molecular formula is C26H26N8O13S2. The topological polar surface area (TPSA) is 322 Å². The maximum atomic E-state index is 13.2. The van der Waals surface area contributed by atoms with Crippen LogP contribution in [0.5, 0.6) is 5.75 Å². The van der Waals surface area contributed by atoms with E-state index in [2.05, 4.69) is 26.1 Å². The van der Waals surface area contributed by atoms with Gasteiger partial charge in [-0.2, -0.15) is 13.1 Å². The molecule has 23 heteroatoms. The first-order valence-electron chi connectivity index (χ1n) is 13.5. The monoisotopic (exact) mass is 722 g/mol. The SMILES string of the molecule is CC(C)(ON=C(C(=O)N[C@@H]1C(=O)N(S(=O)(=O)O)[C@@H]1CNC(=O)c1cccc(NC(=O)c2cc(=O)c(O)cn2O)c1)c1csc(N)n1)C(=O)O. The van der Waals surface area contributed by atoms with Crippen molar-refractivity contribution in [3.8, 4) is 5.75 Å². The summed E-state index contributed by atoms with van der Waals surface area (Å²) in [5, 5.41) is 40.3. The summed E-state index contributed by atoms with van der Waals surface area (Å²) < 4.78 is 33.8. The molecule has 1 aliphatic heterocycles. The van der Waals surface area contributed by atoms with E-state index >= 15 is 0 Å². The van der Waals surface area contributed by atoms with Gasteiger partial charge in [0, 0.05) is 29.2 Å². The number of anilines is 2. The first-order chi connectivity index (χ1) is 22.8. The maximum Gasteiger partial charge on any atom is 0.362 e. The molecule has 2 atom stereocenters. The number of pyridine rings is 1. The number of nitrogens with zero attached hydrogens (tertiary/aromatic N) is 4. The fourth-order valence-electron chi connectivity index (χ4n) is 4.09. The Bertz CT molecular complexity index is 2060. The number of carbonyl (C=O) groups excluding carboxylic acids is 4. The molecule has 3 aromatic rings. The molecule has 0 saturated carbocycles. The molecule has 4 amide bonds. The number of carboxylic acid groups (broad SMARTS) is 1. The van der Waals surface area contributed by atoms with Gasteiger partial charge in [-0.15, -0.1) is 11.3 Å². The van der Waals surface area contributed by atoms with Crippen LogP contribution in [0.3, 0.4) is 0 Å². The first-order valence-corrected chi connectivity index (χ1v) is 15.7. The van der Waals surface area contributed by atoms with Crippen molar-refractivity contribution >= 4 is 67.8 Å². The zero-order valence-electron chi connectivity index (χ0n) is 25.0. The van der Waals surface area contributed by atoms with E-state index < -0.39 is 86.7 Å². The summed E-state index contributed by atoms with van der Waals surface area (Å²) in [6, 6.07) is 2.57. The summed E-state index contributed by atoms with van der Waals surface area (Å²) in [6.45, 7) is 1.61. The predicted octanol–water partition coefficient (Wildman–Crippen LogP) is -1.41. The third kappa shape index (κ3) is 7.91. The highest BCUT2D eigenvalue weighted by atomic mass is 32.2. The molecular weight excluding hydrogens is 696 g/mol. The number of hydrogen-bond donors (Lipinski definition) is 8. The van der Waals surface area contributed by atoms with Crippen LogP contribution in [0.4, 0.5) is 10.8 Å². The van der Waals surface area contributed by atoms with Crippen molar-refractivity contribution in [1.29, 1.82) is 0 Å². The molecule has 1 saturated heterocycles. The molecule has 4 rings (SSSR count). The predicted molar refractivity (Wildman–Crippen MR) is 166 cm³/mol. The van der Waals surface area contributed by atoms with Crippen molar-refractivity contribution in [2.45, 2.75) is 31.5 Å². The number of aliphatic carboxylic acids is 1. The fourth-order valence-corrected chi connectivity index (χ4v) is 5.51. The van der Waals surface area contributed by atoms with E-state index in [1.165, 1.54) is 29.6 Å². The Morgan fingerprint density at radius 1 is 1.16 bits per heavy atom. The number of nitrogens with two attached hydrogens (primary N) is 1. The number of carboxylic acids is 1. The van der Waals surface area contributed by atoms with Crippen LogP contribution in [0.2, 0.25) is 0 Å². The van der Waals surface area contributed by atoms with Gasteiger partial charge in [0.1, 0.15) is 17.4 Å². The van der Waals surface area contributed by atoms with Crippen LogP contribution in [0.25, 0.3) is 0 Å². The first kappa shape index (κ1) is 35.8. The summed E-state index contributed by atoms with van der Waals surface area (Å²) in [5.74, 6) is -6.59. The van der Waals surface area contributed by atoms with Gasteiger partial charge in [-0.1, -0.05) is 11.2 Å². The van der Waals surface area contributed by atoms with Crippen LogP contribution >= 0.6 is 11.3 Å². The number of amides is 4. The van der Waals surface area contributed by atoms with Crippen LogP contribution in [-0.4, -0.2) is 102 Å². The lowest BCUT2D eigenvalue weighted by Gasteiger charge is -2.44. The van der Waals surface area contributed by atoms with Crippen molar-refractivity contribution in [3.63, 3.8) is 0 Å². The number of oxime groups is 1. The largest absolute Gasteiger partial charge is 0.503 e. The molecule has 0 aliphatic carbocycles. The Hall–Kier alpha value is -6.07. The third-order valence-electron chi connectivity index (χ3n) is 6.66. The highest BCUT2D eigenvalue weighted by Gasteiger charge is 2.54. The van der Waals surface area contributed by atoms with Gasteiger partial charge >= 0.3 is 16.3 Å². The van der Waals surface area contributed by atoms with Gasteiger partial charge in [-0.05, 0) is 32.0 Å². The summed E-state index contributed by atoms with van der Waals surface area (Å²) in [5.41, 5.74) is 1.30. The number of benzene rings is 1. The quantitative estimate of drug-likeness (QED) is 0.0350. The number of carbonyl (C=O) groups is 5. The number of rotatable bonds is 12. The molecule has 21 nitrogen and oxygen atoms in total. The van der Waals surface area contributed by atoms with Crippen LogP contribution in [0.1, 0.15) is 40.4 Å². The highest BCUT2D eigenvalue weighted by molar-refractivity contribution is 7.84. The minimum Gasteiger partial charge on any atom is -0.503 e. The molecule has 1 fully saturated rings. The molecule has 0 unspecified atom stereocenters. The average Bonchev–Trinajstić information content (AvgIpc) is 3.44. The molecule has 1 aromatic carbocycles. The lowest BCUT2D eigenvalue weighted by atomic mass is 9.98. The minimum absolute atomic E-state index is 0.00415. The molecule has 2 aromatic heterocycles. The molecule has 0 bridgehead atoms. The number of aromatic hydroxyl groups is 1. The lowest BCUT2D eigenvalue weighted by Crippen LogP contribution is -2.74. The van der Waals surface area contributed by atoms with Crippen molar-refractivity contribution < 1.29 is 57.2 Å². The molecule has 49 heavy (non-hydrogen) atoms. The summed E-state index contributed by atoms with van der Waals surface area (Å²) in [7, 11) is -5.18. The maximum absolute atomic E-state index is 13.2. The Labute approximate surface area is 278 Å². The van der Waals surface area contributed by atoms with Crippen LogP contribution in [-0.2, 0) is 29.5 Å².